The third-order valence-electron chi connectivity index (χ3n) is 8.68. The molecule has 3 aromatic carbocycles. The molecule has 2 saturated heterocycles. The number of carbonyl (C=O) groups is 1. The van der Waals surface area contributed by atoms with Crippen LogP contribution in [0, 0.1) is 0 Å². The zero-order chi connectivity index (χ0) is 30.5. The minimum Gasteiger partial charge on any atom is -0.393 e. The molecule has 0 radical (unpaired) electrons. The van der Waals surface area contributed by atoms with Gasteiger partial charge in [-0.2, -0.15) is 0 Å². The number of sulfone groups is 1. The van der Waals surface area contributed by atoms with Gasteiger partial charge in [0.05, 0.1) is 32.3 Å². The van der Waals surface area contributed by atoms with E-state index in [9.17, 15) is 18.3 Å². The van der Waals surface area contributed by atoms with E-state index in [0.29, 0.717) is 66.1 Å². The standard InChI is InChI=1S/C33H39Cl2N3O4S/c34-30-14-13-26(21-31(30)35)33(16-7-18-38(24-33)32(40)25-9-3-1-4-10-25)36-17-8-19-37-20-15-28(39)22-27(37)23-43(41,42)29-11-5-2-6-12-29/h1-6,9-14,21,27-28,36,39H,7-8,15-20,22-24H2. The number of carbonyl (C=O) groups excluding carboxylic acids is 1. The quantitative estimate of drug-likeness (QED) is 0.288. The monoisotopic (exact) mass is 643 g/mol. The first-order valence-corrected chi connectivity index (χ1v) is 17.3. The van der Waals surface area contributed by atoms with Crippen LogP contribution in [0.1, 0.15) is 48.0 Å². The van der Waals surface area contributed by atoms with Crippen molar-refractivity contribution in [1.29, 1.82) is 0 Å². The van der Waals surface area contributed by atoms with Gasteiger partial charge in [0.25, 0.3) is 5.91 Å². The minimum absolute atomic E-state index is 0.000812. The molecule has 7 nitrogen and oxygen atoms in total. The van der Waals surface area contributed by atoms with E-state index in [1.54, 1.807) is 36.4 Å². The molecule has 3 atom stereocenters. The predicted molar refractivity (Wildman–Crippen MR) is 171 cm³/mol. The second-order valence-corrected chi connectivity index (χ2v) is 14.5. The van der Waals surface area contributed by atoms with Crippen LogP contribution >= 0.6 is 23.2 Å². The van der Waals surface area contributed by atoms with Crippen molar-refractivity contribution >= 4 is 38.9 Å². The van der Waals surface area contributed by atoms with Crippen LogP contribution in [0.15, 0.2) is 83.8 Å². The Kier molecular flexibility index (Phi) is 10.5. The van der Waals surface area contributed by atoms with Gasteiger partial charge >= 0.3 is 0 Å². The van der Waals surface area contributed by atoms with Crippen LogP contribution < -0.4 is 5.32 Å². The molecule has 3 aromatic rings. The SMILES string of the molecule is O=C(c1ccccc1)N1CCCC(NCCCN2CCC(O)CC2CS(=O)(=O)c2ccccc2)(c2ccc(Cl)c(Cl)c2)C1. The Balaban J connectivity index is 1.28. The highest BCUT2D eigenvalue weighted by molar-refractivity contribution is 7.91. The lowest BCUT2D eigenvalue weighted by molar-refractivity contribution is 0.0471. The molecule has 5 rings (SSSR count). The number of halogens is 2. The lowest BCUT2D eigenvalue weighted by Crippen LogP contribution is -2.56. The molecule has 10 heteroatoms. The van der Waals surface area contributed by atoms with Crippen molar-refractivity contribution in [2.45, 2.75) is 54.7 Å². The van der Waals surface area contributed by atoms with Crippen LogP contribution in [-0.2, 0) is 15.4 Å². The molecular weight excluding hydrogens is 605 g/mol. The number of amides is 1. The van der Waals surface area contributed by atoms with Gasteiger partial charge in [-0.3, -0.25) is 9.69 Å². The van der Waals surface area contributed by atoms with Gasteiger partial charge in [0, 0.05) is 31.2 Å². The van der Waals surface area contributed by atoms with Crippen molar-refractivity contribution in [3.8, 4) is 0 Å². The molecule has 0 aromatic heterocycles. The molecule has 3 unspecified atom stereocenters. The van der Waals surface area contributed by atoms with Crippen LogP contribution in [0.4, 0.5) is 0 Å². The molecule has 2 fully saturated rings. The van der Waals surface area contributed by atoms with Gasteiger partial charge in [-0.05, 0) is 87.2 Å². The Hall–Kier alpha value is -2.46. The van der Waals surface area contributed by atoms with Crippen molar-refractivity contribution in [1.82, 2.24) is 15.1 Å². The average molecular weight is 645 g/mol. The van der Waals surface area contributed by atoms with Crippen LogP contribution in [-0.4, -0.2) is 79.9 Å². The molecule has 1 amide bonds. The Bertz CT molecular complexity index is 1490. The molecule has 0 saturated carbocycles. The van der Waals surface area contributed by atoms with E-state index < -0.39 is 21.5 Å². The number of likely N-dealkylation sites (tertiary alicyclic amines) is 2. The summed E-state index contributed by atoms with van der Waals surface area (Å²) >= 11 is 12.7. The number of hydrogen-bond acceptors (Lipinski definition) is 6. The van der Waals surface area contributed by atoms with Crippen molar-refractivity contribution in [2.24, 2.45) is 0 Å². The zero-order valence-corrected chi connectivity index (χ0v) is 26.5. The van der Waals surface area contributed by atoms with E-state index in [1.165, 1.54) is 0 Å². The number of nitrogens with one attached hydrogen (secondary N) is 1. The normalized spacial score (nSPS) is 23.3. The van der Waals surface area contributed by atoms with Crippen LogP contribution in [0.3, 0.4) is 0 Å². The first-order valence-electron chi connectivity index (χ1n) is 14.9. The van der Waals surface area contributed by atoms with Crippen LogP contribution in [0.2, 0.25) is 10.0 Å². The van der Waals surface area contributed by atoms with Gasteiger partial charge in [0.2, 0.25) is 0 Å². The summed E-state index contributed by atoms with van der Waals surface area (Å²) in [6, 6.07) is 23.3. The molecule has 0 aliphatic carbocycles. The maximum Gasteiger partial charge on any atom is 0.253 e. The van der Waals surface area contributed by atoms with Gasteiger partial charge in [0.1, 0.15) is 0 Å². The summed E-state index contributed by atoms with van der Waals surface area (Å²) in [5, 5.41) is 15.1. The molecule has 43 heavy (non-hydrogen) atoms. The number of nitrogens with zero attached hydrogens (tertiary/aromatic N) is 2. The summed E-state index contributed by atoms with van der Waals surface area (Å²) in [7, 11) is -3.48. The highest BCUT2D eigenvalue weighted by Crippen LogP contribution is 2.36. The van der Waals surface area contributed by atoms with Gasteiger partial charge in [-0.1, -0.05) is 65.7 Å². The molecule has 2 heterocycles. The van der Waals surface area contributed by atoms with Gasteiger partial charge in [-0.25, -0.2) is 8.42 Å². The molecule has 2 aliphatic heterocycles. The third kappa shape index (κ3) is 7.80. The van der Waals surface area contributed by atoms with E-state index in [-0.39, 0.29) is 17.7 Å². The fourth-order valence-electron chi connectivity index (χ4n) is 6.40. The lowest BCUT2D eigenvalue weighted by Gasteiger charge is -2.44. The second kappa shape index (κ2) is 14.1. The number of aliphatic hydroxyl groups is 1. The highest BCUT2D eigenvalue weighted by Gasteiger charge is 2.39. The second-order valence-electron chi connectivity index (χ2n) is 11.7. The Morgan fingerprint density at radius 2 is 1.70 bits per heavy atom. The topological polar surface area (TPSA) is 89.9 Å². The maximum atomic E-state index is 13.4. The Labute approximate surface area is 264 Å². The van der Waals surface area contributed by atoms with Gasteiger partial charge < -0.3 is 15.3 Å². The fraction of sp³-hybridized carbons (Fsp3) is 0.424. The number of piperidine rings is 2. The first kappa shape index (κ1) is 31.9. The average Bonchev–Trinajstić information content (AvgIpc) is 3.02. The molecule has 2 N–H and O–H groups in total. The fourth-order valence-corrected chi connectivity index (χ4v) is 8.32. The predicted octanol–water partition coefficient (Wildman–Crippen LogP) is 5.40. The van der Waals surface area contributed by atoms with Crippen molar-refractivity contribution < 1.29 is 18.3 Å². The smallest absolute Gasteiger partial charge is 0.253 e. The number of hydrogen-bond donors (Lipinski definition) is 2. The minimum atomic E-state index is -3.48. The summed E-state index contributed by atoms with van der Waals surface area (Å²) in [6.07, 6.45) is 2.99. The molecule has 230 valence electrons. The van der Waals surface area contributed by atoms with Gasteiger partial charge in [0.15, 0.2) is 9.84 Å². The third-order valence-corrected chi connectivity index (χ3v) is 11.2. The summed E-state index contributed by atoms with van der Waals surface area (Å²) in [5.41, 5.74) is 1.14. The summed E-state index contributed by atoms with van der Waals surface area (Å²) < 4.78 is 26.3. The van der Waals surface area contributed by atoms with E-state index in [1.807, 2.05) is 47.4 Å². The molecule has 2 aliphatic rings. The van der Waals surface area contributed by atoms with Crippen LogP contribution in [0.25, 0.3) is 0 Å². The summed E-state index contributed by atoms with van der Waals surface area (Å²) in [6.45, 7) is 3.16. The van der Waals surface area contributed by atoms with Crippen LogP contribution in [0.5, 0.6) is 0 Å². The van der Waals surface area contributed by atoms with Crippen molar-refractivity contribution in [3.63, 3.8) is 0 Å². The molecular formula is C33H39Cl2N3O4S. The van der Waals surface area contributed by atoms with Gasteiger partial charge in [-0.15, -0.1) is 0 Å². The highest BCUT2D eigenvalue weighted by atomic mass is 35.5. The number of benzene rings is 3. The van der Waals surface area contributed by atoms with Crippen molar-refractivity contribution in [3.05, 3.63) is 100 Å². The lowest BCUT2D eigenvalue weighted by atomic mass is 9.81. The Morgan fingerprint density at radius 3 is 2.42 bits per heavy atom. The Morgan fingerprint density at radius 1 is 0.977 bits per heavy atom. The van der Waals surface area contributed by atoms with E-state index >= 15 is 0 Å². The molecule has 0 spiro atoms. The van der Waals surface area contributed by atoms with E-state index in [0.717, 1.165) is 24.8 Å². The number of rotatable bonds is 10. The van der Waals surface area contributed by atoms with Crippen molar-refractivity contribution in [2.75, 3.05) is 38.5 Å². The number of aliphatic hydroxyl groups excluding tert-OH is 1. The maximum absolute atomic E-state index is 13.4. The van der Waals surface area contributed by atoms with E-state index in [4.69, 9.17) is 23.2 Å². The summed E-state index contributed by atoms with van der Waals surface area (Å²) in [5.74, 6) is -0.0217. The largest absolute Gasteiger partial charge is 0.393 e. The zero-order valence-electron chi connectivity index (χ0n) is 24.2. The first-order chi connectivity index (χ1) is 20.7. The van der Waals surface area contributed by atoms with E-state index in [2.05, 4.69) is 10.2 Å². The summed E-state index contributed by atoms with van der Waals surface area (Å²) in [4.78, 5) is 17.9. The molecule has 0 bridgehead atoms.